The molecule has 0 saturated carbocycles. The minimum absolute atomic E-state index is 0.226. The summed E-state index contributed by atoms with van der Waals surface area (Å²) < 4.78 is 0. The van der Waals surface area contributed by atoms with Gasteiger partial charge in [0.25, 0.3) is 5.91 Å². The lowest BCUT2D eigenvalue weighted by Crippen LogP contribution is -2.29. The second kappa shape index (κ2) is 6.72. The highest BCUT2D eigenvalue weighted by molar-refractivity contribution is 6.18. The minimum Gasteiger partial charge on any atom is -0.276 e. The number of hydrogen-bond donors (Lipinski definition) is 1. The molecule has 0 aliphatic carbocycles. The average Bonchev–Trinajstić information content (AvgIpc) is 3.26. The summed E-state index contributed by atoms with van der Waals surface area (Å²) in [5.41, 5.74) is 3.15. The van der Waals surface area contributed by atoms with E-state index >= 15 is 0 Å². The van der Waals surface area contributed by atoms with Crippen molar-refractivity contribution in [3.05, 3.63) is 66.7 Å². The number of anilines is 1. The van der Waals surface area contributed by atoms with Crippen LogP contribution in [-0.2, 0) is 4.79 Å². The Balaban J connectivity index is 1.52. The average molecular weight is 344 g/mol. The first-order valence-electron chi connectivity index (χ1n) is 8.18. The highest BCUT2D eigenvalue weighted by Crippen LogP contribution is 2.24. The molecule has 1 amide bonds. The number of carbonyl (C=O) groups excluding carboxylic acids is 1. The summed E-state index contributed by atoms with van der Waals surface area (Å²) >= 11 is 0. The van der Waals surface area contributed by atoms with Crippen molar-refractivity contribution < 1.29 is 4.79 Å². The van der Waals surface area contributed by atoms with E-state index in [0.717, 1.165) is 11.3 Å². The lowest BCUT2D eigenvalue weighted by atomic mass is 10.2. The summed E-state index contributed by atoms with van der Waals surface area (Å²) in [6, 6.07) is 20.1. The lowest BCUT2D eigenvalue weighted by molar-refractivity contribution is -0.117. The molecule has 1 unspecified atom stereocenters. The van der Waals surface area contributed by atoms with Crippen molar-refractivity contribution in [2.24, 2.45) is 15.3 Å². The molecule has 26 heavy (non-hydrogen) atoms. The fraction of sp³-hybridized carbons (Fsp3) is 0.105. The monoisotopic (exact) mass is 344 g/mol. The Kier molecular flexibility index (Phi) is 4.10. The molecule has 0 bridgehead atoms. The molecule has 1 aliphatic heterocycles. The summed E-state index contributed by atoms with van der Waals surface area (Å²) in [5.74, 6) is 0.193. The van der Waals surface area contributed by atoms with Gasteiger partial charge in [0.2, 0.25) is 0 Å². The zero-order chi connectivity index (χ0) is 17.9. The van der Waals surface area contributed by atoms with Crippen LogP contribution < -0.4 is 5.01 Å². The Morgan fingerprint density at radius 2 is 1.73 bits per heavy atom. The number of H-pyrrole nitrogens is 1. The van der Waals surface area contributed by atoms with Gasteiger partial charge in [0.05, 0.1) is 17.1 Å². The zero-order valence-electron chi connectivity index (χ0n) is 14.1. The summed E-state index contributed by atoms with van der Waals surface area (Å²) in [6.45, 7) is 1.77. The second-order valence-corrected chi connectivity index (χ2v) is 5.85. The second-order valence-electron chi connectivity index (χ2n) is 5.85. The number of hydrazone groups is 1. The Morgan fingerprint density at radius 1 is 1.04 bits per heavy atom. The molecular weight excluding hydrogens is 328 g/mol. The summed E-state index contributed by atoms with van der Waals surface area (Å²) in [5, 5.41) is 21.0. The van der Waals surface area contributed by atoms with E-state index in [9.17, 15) is 4.79 Å². The van der Waals surface area contributed by atoms with Crippen molar-refractivity contribution in [3.8, 4) is 11.3 Å². The highest BCUT2D eigenvalue weighted by atomic mass is 16.2. The molecule has 0 spiro atoms. The third kappa shape index (κ3) is 3.02. The van der Waals surface area contributed by atoms with Crippen LogP contribution in [0.3, 0.4) is 0 Å². The van der Waals surface area contributed by atoms with Crippen molar-refractivity contribution in [1.29, 1.82) is 0 Å². The molecule has 3 aromatic rings. The van der Waals surface area contributed by atoms with E-state index in [1.807, 2.05) is 60.7 Å². The van der Waals surface area contributed by atoms with Gasteiger partial charge in [0, 0.05) is 6.07 Å². The van der Waals surface area contributed by atoms with Gasteiger partial charge in [-0.25, -0.2) is 0 Å². The van der Waals surface area contributed by atoms with Crippen LogP contribution >= 0.6 is 0 Å². The van der Waals surface area contributed by atoms with Crippen molar-refractivity contribution in [1.82, 2.24) is 10.2 Å². The maximum Gasteiger partial charge on any atom is 0.280 e. The number of nitrogens with zero attached hydrogens (tertiary/aromatic N) is 5. The Morgan fingerprint density at radius 3 is 2.46 bits per heavy atom. The largest absolute Gasteiger partial charge is 0.280 e. The summed E-state index contributed by atoms with van der Waals surface area (Å²) in [4.78, 5) is 12.6. The van der Waals surface area contributed by atoms with Gasteiger partial charge in [-0.2, -0.15) is 20.3 Å². The third-order valence-corrected chi connectivity index (χ3v) is 4.02. The SMILES string of the molecule is CC1=NN(c2ccccc2)C(=O)C1N=Nc1cc(-c2ccccc2)[nH]n1. The number of benzene rings is 2. The van der Waals surface area contributed by atoms with E-state index in [2.05, 4.69) is 25.5 Å². The molecule has 1 aliphatic rings. The number of amides is 1. The topological polar surface area (TPSA) is 86.1 Å². The summed E-state index contributed by atoms with van der Waals surface area (Å²) in [7, 11) is 0. The van der Waals surface area contributed by atoms with Crippen LogP contribution in [0.25, 0.3) is 11.3 Å². The fourth-order valence-electron chi connectivity index (χ4n) is 2.69. The van der Waals surface area contributed by atoms with E-state index in [0.29, 0.717) is 17.2 Å². The number of para-hydroxylation sites is 1. The lowest BCUT2D eigenvalue weighted by Gasteiger charge is -2.11. The van der Waals surface area contributed by atoms with Gasteiger partial charge in [0.15, 0.2) is 11.9 Å². The molecule has 2 aromatic carbocycles. The minimum atomic E-state index is -0.730. The van der Waals surface area contributed by atoms with E-state index < -0.39 is 6.04 Å². The van der Waals surface area contributed by atoms with Crippen LogP contribution in [0.5, 0.6) is 0 Å². The standard InChI is InChI=1S/C19H16N6O/c1-13-18(19(26)25(24-13)15-10-6-3-7-11-15)23-22-17-12-16(20-21-17)14-8-4-2-5-9-14/h2-12,18H,1H3,(H,20,21). The first-order chi connectivity index (χ1) is 12.7. The van der Waals surface area contributed by atoms with Crippen LogP contribution in [0.4, 0.5) is 11.5 Å². The first-order valence-corrected chi connectivity index (χ1v) is 8.18. The predicted octanol–water partition coefficient (Wildman–Crippen LogP) is 3.95. The number of rotatable bonds is 4. The van der Waals surface area contributed by atoms with Gasteiger partial charge < -0.3 is 0 Å². The maximum absolute atomic E-state index is 12.6. The number of nitrogens with one attached hydrogen (secondary N) is 1. The fourth-order valence-corrected chi connectivity index (χ4v) is 2.69. The summed E-state index contributed by atoms with van der Waals surface area (Å²) in [6.07, 6.45) is 0. The zero-order valence-corrected chi connectivity index (χ0v) is 14.1. The molecule has 7 heteroatoms. The van der Waals surface area contributed by atoms with Crippen molar-refractivity contribution in [2.75, 3.05) is 5.01 Å². The predicted molar refractivity (Wildman–Crippen MR) is 99.4 cm³/mol. The van der Waals surface area contributed by atoms with Crippen LogP contribution in [0.15, 0.2) is 82.1 Å². The van der Waals surface area contributed by atoms with Crippen LogP contribution in [0.1, 0.15) is 6.92 Å². The normalized spacial score (nSPS) is 17.1. The molecule has 1 atom stereocenters. The van der Waals surface area contributed by atoms with Gasteiger partial charge in [-0.3, -0.25) is 9.89 Å². The van der Waals surface area contributed by atoms with Gasteiger partial charge in [-0.1, -0.05) is 48.5 Å². The maximum atomic E-state index is 12.6. The van der Waals surface area contributed by atoms with Gasteiger partial charge in [-0.05, 0) is 24.6 Å². The van der Waals surface area contributed by atoms with E-state index in [4.69, 9.17) is 0 Å². The molecule has 7 nitrogen and oxygen atoms in total. The number of carbonyl (C=O) groups is 1. The van der Waals surface area contributed by atoms with Crippen molar-refractivity contribution >= 4 is 23.1 Å². The van der Waals surface area contributed by atoms with Crippen LogP contribution in [-0.4, -0.2) is 27.9 Å². The molecule has 128 valence electrons. The van der Waals surface area contributed by atoms with Crippen molar-refractivity contribution in [3.63, 3.8) is 0 Å². The number of aromatic amines is 1. The van der Waals surface area contributed by atoms with E-state index in [1.165, 1.54) is 5.01 Å². The quantitative estimate of drug-likeness (QED) is 0.727. The highest BCUT2D eigenvalue weighted by Gasteiger charge is 2.34. The molecule has 1 aromatic heterocycles. The Bertz CT molecular complexity index is 978. The van der Waals surface area contributed by atoms with Crippen LogP contribution in [0, 0.1) is 0 Å². The molecule has 4 rings (SSSR count). The van der Waals surface area contributed by atoms with Gasteiger partial charge in [0.1, 0.15) is 0 Å². The van der Waals surface area contributed by atoms with Crippen molar-refractivity contribution in [2.45, 2.75) is 13.0 Å². The molecule has 0 fully saturated rings. The molecule has 0 radical (unpaired) electrons. The number of hydrogen-bond acceptors (Lipinski definition) is 5. The van der Waals surface area contributed by atoms with Gasteiger partial charge >= 0.3 is 0 Å². The third-order valence-electron chi connectivity index (χ3n) is 4.02. The number of azo groups is 1. The molecule has 1 N–H and O–H groups in total. The first kappa shape index (κ1) is 15.9. The Labute approximate surface area is 150 Å². The van der Waals surface area contributed by atoms with Gasteiger partial charge in [-0.15, -0.1) is 5.11 Å². The van der Waals surface area contributed by atoms with E-state index in [-0.39, 0.29) is 5.91 Å². The molecular formula is C19H16N6O. The van der Waals surface area contributed by atoms with E-state index in [1.54, 1.807) is 13.0 Å². The Hall–Kier alpha value is -3.61. The number of aromatic nitrogens is 2. The molecule has 2 heterocycles. The smallest absolute Gasteiger partial charge is 0.276 e. The molecule has 0 saturated heterocycles. The van der Waals surface area contributed by atoms with Crippen LogP contribution in [0.2, 0.25) is 0 Å².